The number of hydrogen-bond acceptors (Lipinski definition) is 3. The molecule has 0 aliphatic heterocycles. The third kappa shape index (κ3) is 4.19. The number of primary amides is 1. The van der Waals surface area contributed by atoms with Gasteiger partial charge in [0.2, 0.25) is 0 Å². The molecule has 0 spiro atoms. The van der Waals surface area contributed by atoms with E-state index in [0.717, 1.165) is 0 Å². The molecule has 4 amide bonds. The van der Waals surface area contributed by atoms with Crippen LogP contribution in [0.1, 0.15) is 17.3 Å². The number of aromatic carboxylic acids is 1. The van der Waals surface area contributed by atoms with Crippen LogP contribution in [0.2, 0.25) is 0 Å². The lowest BCUT2D eigenvalue weighted by atomic mass is 10.1. The Morgan fingerprint density at radius 1 is 1.21 bits per heavy atom. The summed E-state index contributed by atoms with van der Waals surface area (Å²) in [6, 6.07) is 2.52. The van der Waals surface area contributed by atoms with Gasteiger partial charge in [0.05, 0.1) is 16.9 Å². The average Bonchev–Trinajstić information content (AvgIpc) is 2.30. The van der Waals surface area contributed by atoms with Gasteiger partial charge in [-0.3, -0.25) is 0 Å². The van der Waals surface area contributed by atoms with Crippen molar-refractivity contribution >= 4 is 29.4 Å². The molecule has 8 heteroatoms. The summed E-state index contributed by atoms with van der Waals surface area (Å²) >= 11 is 0. The summed E-state index contributed by atoms with van der Waals surface area (Å²) in [6.45, 7) is 2.14. The molecule has 0 aliphatic rings. The monoisotopic (exact) mass is 266 g/mol. The van der Waals surface area contributed by atoms with Crippen molar-refractivity contribution in [1.82, 2.24) is 5.32 Å². The van der Waals surface area contributed by atoms with Crippen LogP contribution in [-0.4, -0.2) is 29.7 Å². The molecule has 0 fully saturated rings. The number of urea groups is 2. The molecule has 0 bridgehead atoms. The molecule has 1 aromatic rings. The maximum atomic E-state index is 11.4. The van der Waals surface area contributed by atoms with E-state index in [1.54, 1.807) is 6.92 Å². The second kappa shape index (κ2) is 6.24. The Hall–Kier alpha value is -2.77. The van der Waals surface area contributed by atoms with Gasteiger partial charge in [0.25, 0.3) is 0 Å². The first-order valence-electron chi connectivity index (χ1n) is 5.42. The highest BCUT2D eigenvalue weighted by Gasteiger charge is 2.11. The molecular weight excluding hydrogens is 252 g/mol. The number of amides is 4. The van der Waals surface area contributed by atoms with Crippen LogP contribution in [0.15, 0.2) is 18.2 Å². The molecule has 19 heavy (non-hydrogen) atoms. The maximum absolute atomic E-state index is 11.4. The van der Waals surface area contributed by atoms with Crippen LogP contribution in [-0.2, 0) is 0 Å². The van der Waals surface area contributed by atoms with E-state index in [9.17, 15) is 14.4 Å². The zero-order valence-electron chi connectivity index (χ0n) is 10.2. The van der Waals surface area contributed by atoms with Crippen LogP contribution in [0.5, 0.6) is 0 Å². The summed E-state index contributed by atoms with van der Waals surface area (Å²) in [6.07, 6.45) is 0. The number of anilines is 2. The minimum absolute atomic E-state index is 0.0261. The fourth-order valence-corrected chi connectivity index (χ4v) is 1.35. The van der Waals surface area contributed by atoms with E-state index >= 15 is 0 Å². The summed E-state index contributed by atoms with van der Waals surface area (Å²) in [5.41, 5.74) is 5.31. The molecule has 0 saturated carbocycles. The quantitative estimate of drug-likeness (QED) is 0.556. The maximum Gasteiger partial charge on any atom is 0.335 e. The molecule has 0 aliphatic carbocycles. The largest absolute Gasteiger partial charge is 0.478 e. The fraction of sp³-hybridized carbons (Fsp3) is 0.182. The van der Waals surface area contributed by atoms with Crippen LogP contribution >= 0.6 is 0 Å². The zero-order chi connectivity index (χ0) is 14.4. The number of rotatable bonds is 4. The van der Waals surface area contributed by atoms with Crippen LogP contribution in [0.4, 0.5) is 21.0 Å². The fourth-order valence-electron chi connectivity index (χ4n) is 1.35. The number of carboxylic acids is 1. The predicted molar refractivity (Wildman–Crippen MR) is 69.3 cm³/mol. The molecule has 6 N–H and O–H groups in total. The summed E-state index contributed by atoms with van der Waals surface area (Å²) in [7, 11) is 0. The van der Waals surface area contributed by atoms with Gasteiger partial charge >= 0.3 is 18.0 Å². The first-order chi connectivity index (χ1) is 8.93. The number of carbonyl (C=O) groups excluding carboxylic acids is 2. The van der Waals surface area contributed by atoms with Gasteiger partial charge in [-0.2, -0.15) is 0 Å². The van der Waals surface area contributed by atoms with E-state index in [-0.39, 0.29) is 16.9 Å². The van der Waals surface area contributed by atoms with E-state index < -0.39 is 18.0 Å². The highest BCUT2D eigenvalue weighted by molar-refractivity contribution is 6.00. The smallest absolute Gasteiger partial charge is 0.335 e. The predicted octanol–water partition coefficient (Wildman–Crippen LogP) is 1.02. The third-order valence-electron chi connectivity index (χ3n) is 2.11. The first-order valence-corrected chi connectivity index (χ1v) is 5.42. The van der Waals surface area contributed by atoms with Gasteiger partial charge < -0.3 is 26.8 Å². The van der Waals surface area contributed by atoms with Gasteiger partial charge in [-0.05, 0) is 25.1 Å². The third-order valence-corrected chi connectivity index (χ3v) is 2.11. The van der Waals surface area contributed by atoms with E-state index in [1.807, 2.05) is 0 Å². The summed E-state index contributed by atoms with van der Waals surface area (Å²) in [4.78, 5) is 33.1. The number of carboxylic acid groups (broad SMARTS) is 1. The lowest BCUT2D eigenvalue weighted by Crippen LogP contribution is -2.29. The van der Waals surface area contributed by atoms with E-state index in [4.69, 9.17) is 10.8 Å². The van der Waals surface area contributed by atoms with Crippen molar-refractivity contribution < 1.29 is 19.5 Å². The Kier molecular flexibility index (Phi) is 4.69. The van der Waals surface area contributed by atoms with Crippen molar-refractivity contribution in [1.29, 1.82) is 0 Å². The van der Waals surface area contributed by atoms with Crippen molar-refractivity contribution in [2.75, 3.05) is 17.2 Å². The molecule has 1 rings (SSSR count). The zero-order valence-corrected chi connectivity index (χ0v) is 10.2. The molecule has 1 aromatic carbocycles. The van der Waals surface area contributed by atoms with Gasteiger partial charge in [0.15, 0.2) is 0 Å². The molecular formula is C11H14N4O4. The highest BCUT2D eigenvalue weighted by Crippen LogP contribution is 2.23. The Labute approximate surface area is 109 Å². The molecule has 0 atom stereocenters. The van der Waals surface area contributed by atoms with Gasteiger partial charge in [-0.15, -0.1) is 0 Å². The lowest BCUT2D eigenvalue weighted by Gasteiger charge is -2.12. The molecule has 0 saturated heterocycles. The molecule has 8 nitrogen and oxygen atoms in total. The van der Waals surface area contributed by atoms with Crippen molar-refractivity contribution in [2.24, 2.45) is 5.73 Å². The van der Waals surface area contributed by atoms with Crippen LogP contribution < -0.4 is 21.7 Å². The highest BCUT2D eigenvalue weighted by atomic mass is 16.4. The number of nitrogens with two attached hydrogens (primary N) is 1. The minimum atomic E-state index is -1.15. The van der Waals surface area contributed by atoms with Crippen LogP contribution in [0.25, 0.3) is 0 Å². The average molecular weight is 266 g/mol. The van der Waals surface area contributed by atoms with Crippen LogP contribution in [0.3, 0.4) is 0 Å². The summed E-state index contributed by atoms with van der Waals surface area (Å²) < 4.78 is 0. The van der Waals surface area contributed by atoms with Crippen molar-refractivity contribution in [3.63, 3.8) is 0 Å². The van der Waals surface area contributed by atoms with Crippen LogP contribution in [0, 0.1) is 0 Å². The Morgan fingerprint density at radius 3 is 2.42 bits per heavy atom. The SMILES string of the molecule is CCNC(=O)Nc1cc(C(=O)O)ccc1NC(N)=O. The Morgan fingerprint density at radius 2 is 1.89 bits per heavy atom. The van der Waals surface area contributed by atoms with E-state index in [1.165, 1.54) is 18.2 Å². The number of hydrogen-bond donors (Lipinski definition) is 5. The van der Waals surface area contributed by atoms with Gasteiger partial charge in [0, 0.05) is 6.54 Å². The molecule has 0 unspecified atom stereocenters. The summed E-state index contributed by atoms with van der Waals surface area (Å²) in [5, 5.41) is 16.1. The first kappa shape index (κ1) is 14.3. The van der Waals surface area contributed by atoms with Crippen molar-refractivity contribution in [3.8, 4) is 0 Å². The molecule has 0 aromatic heterocycles. The van der Waals surface area contributed by atoms with Gasteiger partial charge in [-0.1, -0.05) is 0 Å². The normalized spacial score (nSPS) is 9.53. The number of nitrogens with one attached hydrogen (secondary N) is 3. The Balaban J connectivity index is 3.06. The van der Waals surface area contributed by atoms with Gasteiger partial charge in [-0.25, -0.2) is 14.4 Å². The topological polar surface area (TPSA) is 134 Å². The van der Waals surface area contributed by atoms with Crippen molar-refractivity contribution in [2.45, 2.75) is 6.92 Å². The van der Waals surface area contributed by atoms with E-state index in [2.05, 4.69) is 16.0 Å². The van der Waals surface area contributed by atoms with E-state index in [0.29, 0.717) is 6.54 Å². The second-order valence-electron chi connectivity index (χ2n) is 3.54. The Bertz CT molecular complexity index is 515. The number of carbonyl (C=O) groups is 3. The molecule has 0 heterocycles. The molecule has 102 valence electrons. The van der Waals surface area contributed by atoms with Gasteiger partial charge in [0.1, 0.15) is 0 Å². The standard InChI is InChI=1S/C11H14N4O4/c1-2-13-11(19)15-8-5-6(9(16)17)3-4-7(8)14-10(12)18/h3-5H,2H2,1H3,(H,16,17)(H3,12,14,18)(H2,13,15,19). The minimum Gasteiger partial charge on any atom is -0.478 e. The lowest BCUT2D eigenvalue weighted by molar-refractivity contribution is 0.0697. The number of benzene rings is 1. The van der Waals surface area contributed by atoms with Crippen molar-refractivity contribution in [3.05, 3.63) is 23.8 Å². The molecule has 0 radical (unpaired) electrons. The second-order valence-corrected chi connectivity index (χ2v) is 3.54. The summed E-state index contributed by atoms with van der Waals surface area (Å²) in [5.74, 6) is -1.15.